The average molecular weight is 370 g/mol. The fourth-order valence-corrected chi connectivity index (χ4v) is 2.99. The monoisotopic (exact) mass is 370 g/mol. The van der Waals surface area contributed by atoms with Gasteiger partial charge in [-0.15, -0.1) is 0 Å². The highest BCUT2D eigenvalue weighted by Crippen LogP contribution is 2.27. The molecule has 0 saturated carbocycles. The van der Waals surface area contributed by atoms with E-state index in [-0.39, 0.29) is 37.0 Å². The zero-order chi connectivity index (χ0) is 19.4. The van der Waals surface area contributed by atoms with Gasteiger partial charge in [-0.05, 0) is 37.3 Å². The molecule has 1 heterocycles. The lowest BCUT2D eigenvalue weighted by atomic mass is 10.1. The molecule has 0 radical (unpaired) electrons. The first-order valence-electron chi connectivity index (χ1n) is 8.62. The Labute approximate surface area is 155 Å². The maximum absolute atomic E-state index is 13.4. The minimum Gasteiger partial charge on any atom is -0.462 e. The van der Waals surface area contributed by atoms with Crippen molar-refractivity contribution < 1.29 is 23.5 Å². The molecule has 27 heavy (non-hydrogen) atoms. The van der Waals surface area contributed by atoms with Crippen molar-refractivity contribution >= 4 is 29.2 Å². The number of carbonyl (C=O) groups excluding carboxylic acids is 3. The molecule has 0 aromatic heterocycles. The van der Waals surface area contributed by atoms with Crippen LogP contribution in [0.3, 0.4) is 0 Å². The van der Waals surface area contributed by atoms with Crippen molar-refractivity contribution in [1.82, 2.24) is 0 Å². The highest BCUT2D eigenvalue weighted by Gasteiger charge is 2.35. The number of halogens is 1. The molecule has 0 aliphatic carbocycles. The molecule has 0 bridgehead atoms. The molecule has 1 aliphatic heterocycles. The van der Waals surface area contributed by atoms with Crippen LogP contribution in [0.4, 0.5) is 15.8 Å². The number of nitrogens with zero attached hydrogens (tertiary/aromatic N) is 1. The number of hydrogen-bond acceptors (Lipinski definition) is 4. The summed E-state index contributed by atoms with van der Waals surface area (Å²) in [6.07, 6.45) is 0.0178. The SMILES string of the molecule is CCOC(=O)c1ccccc1NC(=O)C1CC(=O)N(c2cccc(F)c2)C1. The molecular weight excluding hydrogens is 351 g/mol. The molecule has 1 saturated heterocycles. The fourth-order valence-electron chi connectivity index (χ4n) is 2.99. The van der Waals surface area contributed by atoms with Gasteiger partial charge in [0.2, 0.25) is 11.8 Å². The molecule has 1 fully saturated rings. The Balaban J connectivity index is 1.73. The number of esters is 1. The van der Waals surface area contributed by atoms with Crippen LogP contribution in [0.1, 0.15) is 23.7 Å². The van der Waals surface area contributed by atoms with E-state index in [1.807, 2.05) is 0 Å². The molecule has 1 aliphatic rings. The normalized spacial score (nSPS) is 16.3. The van der Waals surface area contributed by atoms with E-state index >= 15 is 0 Å². The Morgan fingerprint density at radius 1 is 1.22 bits per heavy atom. The number of anilines is 2. The Morgan fingerprint density at radius 3 is 2.74 bits per heavy atom. The van der Waals surface area contributed by atoms with Crippen molar-refractivity contribution in [2.75, 3.05) is 23.4 Å². The standard InChI is InChI=1S/C20H19FN2O4/c1-2-27-20(26)16-8-3-4-9-17(16)22-19(25)13-10-18(24)23(12-13)15-7-5-6-14(21)11-15/h3-9,11,13H,2,10,12H2,1H3,(H,22,25). The van der Waals surface area contributed by atoms with E-state index < -0.39 is 17.7 Å². The number of ether oxygens (including phenoxy) is 1. The lowest BCUT2D eigenvalue weighted by Gasteiger charge is -2.17. The minimum absolute atomic E-state index is 0.0178. The van der Waals surface area contributed by atoms with E-state index in [0.717, 1.165) is 0 Å². The Kier molecular flexibility index (Phi) is 5.49. The van der Waals surface area contributed by atoms with E-state index in [9.17, 15) is 18.8 Å². The number of carbonyl (C=O) groups is 3. The molecule has 2 aromatic carbocycles. The van der Waals surface area contributed by atoms with Gasteiger partial charge in [0.1, 0.15) is 5.82 Å². The van der Waals surface area contributed by atoms with Gasteiger partial charge >= 0.3 is 5.97 Å². The maximum Gasteiger partial charge on any atom is 0.340 e. The zero-order valence-electron chi connectivity index (χ0n) is 14.8. The van der Waals surface area contributed by atoms with E-state index in [1.165, 1.54) is 23.1 Å². The predicted octanol–water partition coefficient (Wildman–Crippen LogP) is 2.99. The highest BCUT2D eigenvalue weighted by atomic mass is 19.1. The van der Waals surface area contributed by atoms with Crippen LogP contribution in [0.15, 0.2) is 48.5 Å². The highest BCUT2D eigenvalue weighted by molar-refractivity contribution is 6.06. The van der Waals surface area contributed by atoms with Crippen LogP contribution in [0, 0.1) is 11.7 Å². The van der Waals surface area contributed by atoms with Gasteiger partial charge in [-0.3, -0.25) is 9.59 Å². The number of nitrogens with one attached hydrogen (secondary N) is 1. The summed E-state index contributed by atoms with van der Waals surface area (Å²) in [4.78, 5) is 38.3. The first-order valence-corrected chi connectivity index (χ1v) is 8.62. The summed E-state index contributed by atoms with van der Waals surface area (Å²) in [5.41, 5.74) is 0.999. The lowest BCUT2D eigenvalue weighted by molar-refractivity contribution is -0.122. The second-order valence-corrected chi connectivity index (χ2v) is 6.14. The Hall–Kier alpha value is -3.22. The largest absolute Gasteiger partial charge is 0.462 e. The summed E-state index contributed by atoms with van der Waals surface area (Å²) < 4.78 is 18.4. The fraction of sp³-hybridized carbons (Fsp3) is 0.250. The first kappa shape index (κ1) is 18.6. The van der Waals surface area contributed by atoms with Gasteiger partial charge in [0.05, 0.1) is 23.8 Å². The van der Waals surface area contributed by atoms with Crippen LogP contribution in [-0.2, 0) is 14.3 Å². The predicted molar refractivity (Wildman–Crippen MR) is 97.9 cm³/mol. The van der Waals surface area contributed by atoms with E-state index in [0.29, 0.717) is 11.4 Å². The molecule has 2 aromatic rings. The Bertz CT molecular complexity index is 884. The lowest BCUT2D eigenvalue weighted by Crippen LogP contribution is -2.28. The van der Waals surface area contributed by atoms with Crippen LogP contribution < -0.4 is 10.2 Å². The summed E-state index contributed by atoms with van der Waals surface area (Å²) in [5, 5.41) is 2.70. The van der Waals surface area contributed by atoms with Crippen LogP contribution in [0.2, 0.25) is 0 Å². The summed E-state index contributed by atoms with van der Waals surface area (Å²) in [6, 6.07) is 12.2. The summed E-state index contributed by atoms with van der Waals surface area (Å²) in [5.74, 6) is -2.21. The van der Waals surface area contributed by atoms with Gasteiger partial charge in [0.15, 0.2) is 0 Å². The molecule has 1 unspecified atom stereocenters. The maximum atomic E-state index is 13.4. The van der Waals surface area contributed by atoms with Crippen LogP contribution in [-0.4, -0.2) is 30.9 Å². The molecule has 7 heteroatoms. The molecule has 140 valence electrons. The molecule has 1 atom stereocenters. The smallest absolute Gasteiger partial charge is 0.340 e. The van der Waals surface area contributed by atoms with Gasteiger partial charge in [0, 0.05) is 18.7 Å². The van der Waals surface area contributed by atoms with Gasteiger partial charge in [-0.2, -0.15) is 0 Å². The van der Waals surface area contributed by atoms with Gasteiger partial charge in [-0.1, -0.05) is 18.2 Å². The number of benzene rings is 2. The second-order valence-electron chi connectivity index (χ2n) is 6.14. The van der Waals surface area contributed by atoms with Gasteiger partial charge < -0.3 is 15.0 Å². The van der Waals surface area contributed by atoms with Crippen molar-refractivity contribution in [3.8, 4) is 0 Å². The molecule has 1 N–H and O–H groups in total. The second kappa shape index (κ2) is 7.99. The number of hydrogen-bond donors (Lipinski definition) is 1. The molecule has 2 amide bonds. The summed E-state index contributed by atoms with van der Waals surface area (Å²) in [6.45, 7) is 2.07. The van der Waals surface area contributed by atoms with Crippen LogP contribution >= 0.6 is 0 Å². The van der Waals surface area contributed by atoms with E-state index in [1.54, 1.807) is 37.3 Å². The van der Waals surface area contributed by atoms with Crippen molar-refractivity contribution in [3.05, 3.63) is 59.9 Å². The van der Waals surface area contributed by atoms with Crippen molar-refractivity contribution in [1.29, 1.82) is 0 Å². The van der Waals surface area contributed by atoms with Crippen molar-refractivity contribution in [2.45, 2.75) is 13.3 Å². The third kappa shape index (κ3) is 4.13. The van der Waals surface area contributed by atoms with Gasteiger partial charge in [-0.25, -0.2) is 9.18 Å². The van der Waals surface area contributed by atoms with Crippen molar-refractivity contribution in [2.24, 2.45) is 5.92 Å². The molecule has 0 spiro atoms. The quantitative estimate of drug-likeness (QED) is 0.821. The van der Waals surface area contributed by atoms with Gasteiger partial charge in [0.25, 0.3) is 0 Å². The number of amides is 2. The topological polar surface area (TPSA) is 75.7 Å². The average Bonchev–Trinajstić information content (AvgIpc) is 3.04. The zero-order valence-corrected chi connectivity index (χ0v) is 14.8. The summed E-state index contributed by atoms with van der Waals surface area (Å²) in [7, 11) is 0. The minimum atomic E-state index is -0.601. The number of para-hydroxylation sites is 1. The molecule has 6 nitrogen and oxygen atoms in total. The van der Waals surface area contributed by atoms with E-state index in [4.69, 9.17) is 4.74 Å². The third-order valence-electron chi connectivity index (χ3n) is 4.30. The van der Waals surface area contributed by atoms with Crippen LogP contribution in [0.25, 0.3) is 0 Å². The van der Waals surface area contributed by atoms with Crippen molar-refractivity contribution in [3.63, 3.8) is 0 Å². The van der Waals surface area contributed by atoms with E-state index in [2.05, 4.69) is 5.32 Å². The first-order chi connectivity index (χ1) is 13.0. The third-order valence-corrected chi connectivity index (χ3v) is 4.30. The number of rotatable bonds is 5. The summed E-state index contributed by atoms with van der Waals surface area (Å²) >= 11 is 0. The Morgan fingerprint density at radius 2 is 2.00 bits per heavy atom. The molecule has 3 rings (SSSR count). The van der Waals surface area contributed by atoms with Crippen LogP contribution in [0.5, 0.6) is 0 Å². The molecular formula is C20H19FN2O4.